The normalized spacial score (nSPS) is 11.2. The average Bonchev–Trinajstić information content (AvgIpc) is 2.43. The van der Waals surface area contributed by atoms with Gasteiger partial charge in [-0.3, -0.25) is 4.98 Å². The Bertz CT molecular complexity index is 541. The molecule has 0 N–H and O–H groups in total. The second-order valence-corrected chi connectivity index (χ2v) is 4.78. The molecule has 0 saturated heterocycles. The first-order chi connectivity index (χ1) is 9.24. The molecule has 1 aromatic heterocycles. The van der Waals surface area contributed by atoms with Gasteiger partial charge in [-0.1, -0.05) is 25.4 Å². The van der Waals surface area contributed by atoms with Crippen molar-refractivity contribution in [1.82, 2.24) is 9.88 Å². The molecular formula is C15H19ClN2O. The van der Waals surface area contributed by atoms with Crippen molar-refractivity contribution in [2.24, 2.45) is 0 Å². The Morgan fingerprint density at radius 1 is 1.21 bits per heavy atom. The number of halogens is 1. The number of pyridine rings is 1. The molecule has 0 amide bonds. The number of hydrogen-bond acceptors (Lipinski definition) is 3. The van der Waals surface area contributed by atoms with Gasteiger partial charge in [0.1, 0.15) is 12.4 Å². The van der Waals surface area contributed by atoms with Crippen molar-refractivity contribution in [3.8, 4) is 5.75 Å². The van der Waals surface area contributed by atoms with E-state index < -0.39 is 0 Å². The van der Waals surface area contributed by atoms with Crippen molar-refractivity contribution in [2.45, 2.75) is 13.8 Å². The van der Waals surface area contributed by atoms with E-state index in [1.165, 1.54) is 0 Å². The predicted molar refractivity (Wildman–Crippen MR) is 80.0 cm³/mol. The number of aromatic nitrogens is 1. The summed E-state index contributed by atoms with van der Waals surface area (Å²) in [6.45, 7) is 8.04. The van der Waals surface area contributed by atoms with Crippen LogP contribution in [0.4, 0.5) is 0 Å². The van der Waals surface area contributed by atoms with Crippen LogP contribution in [0.1, 0.15) is 13.8 Å². The van der Waals surface area contributed by atoms with E-state index in [9.17, 15) is 0 Å². The van der Waals surface area contributed by atoms with Gasteiger partial charge in [0.2, 0.25) is 0 Å². The Balaban J connectivity index is 2.08. The Hall–Kier alpha value is -1.32. The van der Waals surface area contributed by atoms with Crippen LogP contribution >= 0.6 is 11.6 Å². The van der Waals surface area contributed by atoms with Crippen LogP contribution in [0.25, 0.3) is 10.9 Å². The third-order valence-corrected chi connectivity index (χ3v) is 3.46. The molecule has 2 rings (SSSR count). The summed E-state index contributed by atoms with van der Waals surface area (Å²) >= 11 is 5.97. The number of likely N-dealkylation sites (N-methyl/N-ethyl adjacent to an activating group) is 1. The van der Waals surface area contributed by atoms with Gasteiger partial charge in [0.25, 0.3) is 0 Å². The second kappa shape index (κ2) is 6.73. The number of ether oxygens (including phenoxy) is 1. The summed E-state index contributed by atoms with van der Waals surface area (Å²) in [5, 5.41) is 1.70. The maximum absolute atomic E-state index is 5.97. The summed E-state index contributed by atoms with van der Waals surface area (Å²) in [6, 6.07) is 7.58. The van der Waals surface area contributed by atoms with Crippen molar-refractivity contribution < 1.29 is 4.74 Å². The van der Waals surface area contributed by atoms with Gasteiger partial charge in [0, 0.05) is 23.2 Å². The lowest BCUT2D eigenvalue weighted by atomic mass is 10.2. The molecule has 0 aliphatic heterocycles. The molecule has 2 aromatic rings. The van der Waals surface area contributed by atoms with E-state index in [1.807, 2.05) is 24.3 Å². The van der Waals surface area contributed by atoms with Gasteiger partial charge < -0.3 is 9.64 Å². The van der Waals surface area contributed by atoms with Crippen LogP contribution in [0.15, 0.2) is 30.5 Å². The van der Waals surface area contributed by atoms with Crippen LogP contribution in [0.2, 0.25) is 5.02 Å². The van der Waals surface area contributed by atoms with Gasteiger partial charge in [-0.25, -0.2) is 0 Å². The molecule has 0 radical (unpaired) electrons. The summed E-state index contributed by atoms with van der Waals surface area (Å²) in [6.07, 6.45) is 1.76. The van der Waals surface area contributed by atoms with Crippen molar-refractivity contribution in [3.05, 3.63) is 35.5 Å². The van der Waals surface area contributed by atoms with Gasteiger partial charge >= 0.3 is 0 Å². The zero-order valence-corrected chi connectivity index (χ0v) is 12.2. The Morgan fingerprint density at radius 2 is 2.00 bits per heavy atom. The molecule has 0 aliphatic carbocycles. The molecule has 0 spiro atoms. The Kier molecular flexibility index (Phi) is 5.00. The standard InChI is InChI=1S/C15H19ClN2O/c1-3-18(4-2)9-10-19-15-7-8-17-14-11-12(16)5-6-13(14)15/h5-8,11H,3-4,9-10H2,1-2H3. The first kappa shape index (κ1) is 14.1. The fourth-order valence-corrected chi connectivity index (χ4v) is 2.21. The fraction of sp³-hybridized carbons (Fsp3) is 0.400. The van der Waals surface area contributed by atoms with E-state index in [1.54, 1.807) is 6.20 Å². The molecule has 0 fully saturated rings. The van der Waals surface area contributed by atoms with Crippen LogP contribution in [-0.4, -0.2) is 36.1 Å². The molecule has 0 saturated carbocycles. The summed E-state index contributed by atoms with van der Waals surface area (Å²) in [5.74, 6) is 0.869. The number of benzene rings is 1. The molecule has 4 heteroatoms. The first-order valence-electron chi connectivity index (χ1n) is 6.64. The van der Waals surface area contributed by atoms with E-state index in [4.69, 9.17) is 16.3 Å². The van der Waals surface area contributed by atoms with E-state index >= 15 is 0 Å². The van der Waals surface area contributed by atoms with Crippen LogP contribution in [0.3, 0.4) is 0 Å². The molecule has 0 unspecified atom stereocenters. The van der Waals surface area contributed by atoms with E-state index in [-0.39, 0.29) is 0 Å². The van der Waals surface area contributed by atoms with Crippen molar-refractivity contribution in [1.29, 1.82) is 0 Å². The third kappa shape index (κ3) is 3.58. The smallest absolute Gasteiger partial charge is 0.130 e. The summed E-state index contributed by atoms with van der Waals surface area (Å²) in [7, 11) is 0. The van der Waals surface area contributed by atoms with Crippen LogP contribution < -0.4 is 4.74 Å². The molecule has 1 heterocycles. The molecule has 1 aromatic carbocycles. The summed E-state index contributed by atoms with van der Waals surface area (Å²) in [5.41, 5.74) is 0.868. The molecule has 0 bridgehead atoms. The zero-order valence-electron chi connectivity index (χ0n) is 11.4. The van der Waals surface area contributed by atoms with E-state index in [0.717, 1.165) is 36.3 Å². The van der Waals surface area contributed by atoms with Gasteiger partial charge in [-0.15, -0.1) is 0 Å². The number of fused-ring (bicyclic) bond motifs is 1. The molecular weight excluding hydrogens is 260 g/mol. The lowest BCUT2D eigenvalue weighted by Gasteiger charge is -2.18. The Morgan fingerprint density at radius 3 is 2.74 bits per heavy atom. The second-order valence-electron chi connectivity index (χ2n) is 4.35. The van der Waals surface area contributed by atoms with Crippen LogP contribution in [0, 0.1) is 0 Å². The average molecular weight is 279 g/mol. The zero-order chi connectivity index (χ0) is 13.7. The molecule has 0 aliphatic rings. The van der Waals surface area contributed by atoms with Crippen molar-refractivity contribution >= 4 is 22.5 Å². The van der Waals surface area contributed by atoms with Crippen LogP contribution in [0.5, 0.6) is 5.75 Å². The Labute approximate surface area is 119 Å². The highest BCUT2D eigenvalue weighted by molar-refractivity contribution is 6.31. The largest absolute Gasteiger partial charge is 0.491 e. The lowest BCUT2D eigenvalue weighted by molar-refractivity contribution is 0.224. The van der Waals surface area contributed by atoms with Gasteiger partial charge in [-0.2, -0.15) is 0 Å². The highest BCUT2D eigenvalue weighted by Gasteiger charge is 2.05. The SMILES string of the molecule is CCN(CC)CCOc1ccnc2cc(Cl)ccc12. The topological polar surface area (TPSA) is 25.4 Å². The van der Waals surface area contributed by atoms with Gasteiger partial charge in [0.15, 0.2) is 0 Å². The van der Waals surface area contributed by atoms with E-state index in [0.29, 0.717) is 11.6 Å². The monoisotopic (exact) mass is 278 g/mol. The summed E-state index contributed by atoms with van der Waals surface area (Å²) in [4.78, 5) is 6.64. The molecule has 3 nitrogen and oxygen atoms in total. The van der Waals surface area contributed by atoms with Crippen molar-refractivity contribution in [3.63, 3.8) is 0 Å². The third-order valence-electron chi connectivity index (χ3n) is 3.22. The molecule has 19 heavy (non-hydrogen) atoms. The highest BCUT2D eigenvalue weighted by Crippen LogP contribution is 2.26. The number of hydrogen-bond donors (Lipinski definition) is 0. The minimum atomic E-state index is 0.684. The van der Waals surface area contributed by atoms with Crippen molar-refractivity contribution in [2.75, 3.05) is 26.2 Å². The summed E-state index contributed by atoms with van der Waals surface area (Å²) < 4.78 is 5.87. The molecule has 102 valence electrons. The molecule has 0 atom stereocenters. The van der Waals surface area contributed by atoms with Crippen LogP contribution in [-0.2, 0) is 0 Å². The minimum Gasteiger partial charge on any atom is -0.491 e. The van der Waals surface area contributed by atoms with Gasteiger partial charge in [-0.05, 0) is 37.4 Å². The van der Waals surface area contributed by atoms with E-state index in [2.05, 4.69) is 23.7 Å². The lowest BCUT2D eigenvalue weighted by Crippen LogP contribution is -2.27. The van der Waals surface area contributed by atoms with Gasteiger partial charge in [0.05, 0.1) is 5.52 Å². The minimum absolute atomic E-state index is 0.684. The maximum Gasteiger partial charge on any atom is 0.130 e. The first-order valence-corrected chi connectivity index (χ1v) is 7.01. The quantitative estimate of drug-likeness (QED) is 0.807. The number of rotatable bonds is 6. The highest BCUT2D eigenvalue weighted by atomic mass is 35.5. The maximum atomic E-state index is 5.97. The number of nitrogens with zero attached hydrogens (tertiary/aromatic N) is 2. The fourth-order valence-electron chi connectivity index (χ4n) is 2.05. The predicted octanol–water partition coefficient (Wildman–Crippen LogP) is 3.61.